The smallest absolute Gasteiger partial charge is 0.261 e. The zero-order chi connectivity index (χ0) is 48.6. The molecule has 0 aliphatic carbocycles. The first-order chi connectivity index (χ1) is 30.5. The summed E-state index contributed by atoms with van der Waals surface area (Å²) in [5.74, 6) is -1.10. The number of carbonyl (C=O) groups is 1. The molecule has 3 aromatic carbocycles. The standard InChI is InChI=1S/C54H90O8Si3/c1-17-64(18-2,19-3)61-50(35-36-58-39-45-29-23-20-24-30-45)42(5)48(55)37-49(56)43(6)52(59-40-57-14)44(7)51(62-63(15,16)53(8,9)10)41(4)38-60-65(54(11,12)13,46-31-25-21-26-32-46)47-33-27-22-28-34-47/h20-34,41-44,49-52,56H,17-19,35-40H2,1-16H3/t41-,42+,43+,44-,49-,50+,51+,52+/m1/s1. The minimum atomic E-state index is -2.85. The molecule has 0 radical (unpaired) electrons. The van der Waals surface area contributed by atoms with Crippen LogP contribution in [0.15, 0.2) is 91.0 Å². The summed E-state index contributed by atoms with van der Waals surface area (Å²) in [6.07, 6.45) is -1.44. The van der Waals surface area contributed by atoms with Gasteiger partial charge in [0.2, 0.25) is 0 Å². The first kappa shape index (κ1) is 57.0. The maximum atomic E-state index is 14.4. The molecule has 0 aliphatic heterocycles. The predicted molar refractivity (Wildman–Crippen MR) is 277 cm³/mol. The minimum absolute atomic E-state index is 0.00810. The topological polar surface area (TPSA) is 92.7 Å². The van der Waals surface area contributed by atoms with Gasteiger partial charge in [-0.3, -0.25) is 4.79 Å². The lowest BCUT2D eigenvalue weighted by Crippen LogP contribution is -2.67. The number of methoxy groups -OCH3 is 1. The average Bonchev–Trinajstić information content (AvgIpc) is 3.28. The fourth-order valence-electron chi connectivity index (χ4n) is 9.19. The van der Waals surface area contributed by atoms with Gasteiger partial charge in [-0.1, -0.05) is 181 Å². The van der Waals surface area contributed by atoms with Crippen LogP contribution in [-0.4, -0.2) is 87.4 Å². The number of ether oxygens (including phenoxy) is 3. The second-order valence-corrected chi connectivity index (χ2v) is 35.1. The van der Waals surface area contributed by atoms with Crippen molar-refractivity contribution in [2.75, 3.05) is 27.1 Å². The summed E-state index contributed by atoms with van der Waals surface area (Å²) in [7, 11) is -5.66. The molecule has 0 fully saturated rings. The van der Waals surface area contributed by atoms with E-state index < -0.39 is 49.0 Å². The van der Waals surface area contributed by atoms with E-state index in [4.69, 9.17) is 27.5 Å². The molecular formula is C54H90O8Si3. The van der Waals surface area contributed by atoms with Crippen molar-refractivity contribution in [3.63, 3.8) is 0 Å². The van der Waals surface area contributed by atoms with Gasteiger partial charge in [0.15, 0.2) is 16.6 Å². The van der Waals surface area contributed by atoms with Crippen molar-refractivity contribution in [1.82, 2.24) is 0 Å². The number of hydrogen-bond acceptors (Lipinski definition) is 8. The molecule has 366 valence electrons. The summed E-state index contributed by atoms with van der Waals surface area (Å²) in [6, 6.07) is 34.6. The SMILES string of the molecule is CC[Si](CC)(CC)O[C@@H](CCOCc1ccccc1)[C@@H](C)C(=O)C[C@@H](O)[C@H](C)[C@H](OCOC)[C@H](C)[C@@H](O[Si](C)(C)C(C)(C)C)[C@H](C)CO[Si](c1ccccc1)(c1ccccc1)C(C)(C)C. The Labute approximate surface area is 399 Å². The van der Waals surface area contributed by atoms with Crippen molar-refractivity contribution in [3.05, 3.63) is 96.6 Å². The Bertz CT molecular complexity index is 1730. The number of aliphatic hydroxyl groups excluding tert-OH is 1. The van der Waals surface area contributed by atoms with Crippen LogP contribution >= 0.6 is 0 Å². The van der Waals surface area contributed by atoms with Gasteiger partial charge in [-0.25, -0.2) is 0 Å². The lowest BCUT2D eigenvalue weighted by atomic mass is 9.80. The molecule has 0 saturated carbocycles. The summed E-state index contributed by atoms with van der Waals surface area (Å²) in [6.45, 7) is 34.8. The molecule has 0 amide bonds. The van der Waals surface area contributed by atoms with Gasteiger partial charge >= 0.3 is 0 Å². The first-order valence-corrected chi connectivity index (χ1v) is 31.9. The van der Waals surface area contributed by atoms with Crippen LogP contribution in [-0.2, 0) is 38.9 Å². The second-order valence-electron chi connectivity index (χ2n) is 21.3. The third-order valence-corrected chi connectivity index (χ3v) is 28.9. The number of hydrogen-bond donors (Lipinski definition) is 1. The Morgan fingerprint density at radius 3 is 1.66 bits per heavy atom. The number of Topliss-reactive ketones (excluding diaryl/α,β-unsaturated/α-hetero) is 1. The van der Waals surface area contributed by atoms with Gasteiger partial charge in [-0.15, -0.1) is 0 Å². The van der Waals surface area contributed by atoms with Crippen molar-refractivity contribution >= 4 is 41.1 Å². The third kappa shape index (κ3) is 15.3. The third-order valence-electron chi connectivity index (χ3n) is 14.8. The Morgan fingerprint density at radius 1 is 0.692 bits per heavy atom. The van der Waals surface area contributed by atoms with E-state index >= 15 is 0 Å². The zero-order valence-corrected chi connectivity index (χ0v) is 46.4. The van der Waals surface area contributed by atoms with Gasteiger partial charge < -0.3 is 32.6 Å². The van der Waals surface area contributed by atoms with E-state index in [2.05, 4.69) is 162 Å². The van der Waals surface area contributed by atoms with E-state index in [0.717, 1.165) is 23.7 Å². The summed E-state index contributed by atoms with van der Waals surface area (Å²) in [4.78, 5) is 14.4. The van der Waals surface area contributed by atoms with Crippen molar-refractivity contribution in [2.24, 2.45) is 23.7 Å². The van der Waals surface area contributed by atoms with Crippen LogP contribution in [0.3, 0.4) is 0 Å². The number of carbonyl (C=O) groups excluding carboxylic acids is 1. The zero-order valence-electron chi connectivity index (χ0n) is 43.4. The maximum Gasteiger partial charge on any atom is 0.261 e. The lowest BCUT2D eigenvalue weighted by molar-refractivity contribution is -0.148. The normalized spacial score (nSPS) is 16.9. The molecular weight excluding hydrogens is 861 g/mol. The van der Waals surface area contributed by atoms with E-state index in [1.807, 2.05) is 32.0 Å². The lowest BCUT2D eigenvalue weighted by Gasteiger charge is -2.47. The Kier molecular flexibility index (Phi) is 22.7. The largest absolute Gasteiger partial charge is 0.413 e. The van der Waals surface area contributed by atoms with Gasteiger partial charge in [0.05, 0.1) is 31.0 Å². The molecule has 3 rings (SSSR count). The monoisotopic (exact) mass is 951 g/mol. The summed E-state index contributed by atoms with van der Waals surface area (Å²) >= 11 is 0. The summed E-state index contributed by atoms with van der Waals surface area (Å²) in [5, 5.41) is 14.4. The first-order valence-electron chi connectivity index (χ1n) is 24.6. The predicted octanol–water partition coefficient (Wildman–Crippen LogP) is 11.8. The maximum absolute atomic E-state index is 14.4. The van der Waals surface area contributed by atoms with Crippen LogP contribution in [0.25, 0.3) is 0 Å². The number of benzene rings is 3. The quantitative estimate of drug-likeness (QED) is 0.0418. The van der Waals surface area contributed by atoms with E-state index in [9.17, 15) is 9.90 Å². The van der Waals surface area contributed by atoms with Crippen LogP contribution in [0, 0.1) is 23.7 Å². The van der Waals surface area contributed by atoms with Crippen LogP contribution in [0.4, 0.5) is 0 Å². The number of rotatable bonds is 29. The van der Waals surface area contributed by atoms with Crippen molar-refractivity contribution in [3.8, 4) is 0 Å². The molecule has 8 atom stereocenters. The highest BCUT2D eigenvalue weighted by molar-refractivity contribution is 6.99. The highest BCUT2D eigenvalue weighted by Crippen LogP contribution is 2.42. The van der Waals surface area contributed by atoms with Crippen molar-refractivity contribution in [1.29, 1.82) is 0 Å². The van der Waals surface area contributed by atoms with Gasteiger partial charge in [0, 0.05) is 50.4 Å². The van der Waals surface area contributed by atoms with E-state index in [1.54, 1.807) is 7.11 Å². The summed E-state index contributed by atoms with van der Waals surface area (Å²) in [5.41, 5.74) is 1.11. The molecule has 0 aliphatic rings. The molecule has 0 unspecified atom stereocenters. The van der Waals surface area contributed by atoms with Crippen LogP contribution in [0.1, 0.15) is 108 Å². The number of aliphatic hydroxyl groups is 1. The van der Waals surface area contributed by atoms with Gasteiger partial charge in [-0.2, -0.15) is 0 Å². The van der Waals surface area contributed by atoms with E-state index in [-0.39, 0.29) is 53.1 Å². The molecule has 8 nitrogen and oxygen atoms in total. The van der Waals surface area contributed by atoms with E-state index in [0.29, 0.717) is 26.2 Å². The average molecular weight is 952 g/mol. The molecule has 0 bridgehead atoms. The fraction of sp³-hybridized carbons (Fsp3) is 0.648. The second kappa shape index (κ2) is 25.9. The molecule has 3 aromatic rings. The van der Waals surface area contributed by atoms with Gasteiger partial charge in [0.25, 0.3) is 8.32 Å². The number of ketones is 1. The van der Waals surface area contributed by atoms with Crippen LogP contribution in [0.2, 0.25) is 41.3 Å². The van der Waals surface area contributed by atoms with Crippen LogP contribution < -0.4 is 10.4 Å². The van der Waals surface area contributed by atoms with Crippen LogP contribution in [0.5, 0.6) is 0 Å². The minimum Gasteiger partial charge on any atom is -0.413 e. The Hall–Kier alpha value is -2.30. The Morgan fingerprint density at radius 2 is 1.20 bits per heavy atom. The van der Waals surface area contributed by atoms with Gasteiger partial charge in [0.1, 0.15) is 12.6 Å². The molecule has 0 heterocycles. The summed E-state index contributed by atoms with van der Waals surface area (Å²) < 4.78 is 40.3. The molecule has 0 aromatic heterocycles. The fourth-order valence-corrected chi connectivity index (χ4v) is 18.3. The molecule has 1 N–H and O–H groups in total. The highest BCUT2D eigenvalue weighted by atomic mass is 28.4. The van der Waals surface area contributed by atoms with E-state index in [1.165, 1.54) is 10.4 Å². The molecule has 65 heavy (non-hydrogen) atoms. The Balaban J connectivity index is 1.96. The van der Waals surface area contributed by atoms with Gasteiger partial charge in [-0.05, 0) is 63.7 Å². The van der Waals surface area contributed by atoms with Crippen molar-refractivity contribution in [2.45, 2.75) is 175 Å². The molecule has 11 heteroatoms. The molecule has 0 spiro atoms. The molecule has 0 saturated heterocycles. The van der Waals surface area contributed by atoms with Crippen molar-refractivity contribution < 1.29 is 37.4 Å². The highest BCUT2D eigenvalue weighted by Gasteiger charge is 2.51.